The van der Waals surface area contributed by atoms with Gasteiger partial charge in [-0.3, -0.25) is 52.7 Å². The van der Waals surface area contributed by atoms with Crippen LogP contribution in [0.1, 0.15) is 130 Å². The van der Waals surface area contributed by atoms with Crippen LogP contribution in [-0.2, 0) is 57.5 Å². The Kier molecular flexibility index (Phi) is 30.6. The molecule has 2 saturated heterocycles. The second-order valence-electron chi connectivity index (χ2n) is 20.5. The van der Waals surface area contributed by atoms with Crippen LogP contribution in [0.5, 0.6) is 0 Å². The van der Waals surface area contributed by atoms with Crippen LogP contribution in [0.25, 0.3) is 0 Å². The van der Waals surface area contributed by atoms with Crippen LogP contribution < -0.4 is 65.9 Å². The van der Waals surface area contributed by atoms with E-state index in [0.717, 1.165) is 11.8 Å². The average Bonchev–Trinajstić information content (AvgIpc) is 4.11. The van der Waals surface area contributed by atoms with Crippen molar-refractivity contribution in [2.45, 2.75) is 203 Å². The Morgan fingerprint density at radius 3 is 1.39 bits per heavy atom. The second kappa shape index (κ2) is 35.2. The van der Waals surface area contributed by atoms with Gasteiger partial charge in [0.1, 0.15) is 60.4 Å². The molecule has 0 aromatic rings. The van der Waals surface area contributed by atoms with Gasteiger partial charge in [-0.1, -0.05) is 20.3 Å². The molecule has 30 heteroatoms. The van der Waals surface area contributed by atoms with Crippen molar-refractivity contribution in [3.63, 3.8) is 0 Å². The molecule has 2 aliphatic rings. The number of carbonyl (C=O) groups is 12. The van der Waals surface area contributed by atoms with E-state index in [-0.39, 0.29) is 64.6 Å². The highest BCUT2D eigenvalue weighted by Crippen LogP contribution is 2.24. The number of rotatable bonds is 37. The topological polar surface area (TPSA) is 507 Å². The monoisotopic (exact) mass is 1140 g/mol. The van der Waals surface area contributed by atoms with Crippen LogP contribution in [-0.4, -0.2) is 207 Å². The normalized spacial score (nSPS) is 19.2. The molecule has 0 unspecified atom stereocenters. The van der Waals surface area contributed by atoms with Gasteiger partial charge in [-0.2, -0.15) is 0 Å². The number of nitrogens with zero attached hydrogens (tertiary/aromatic N) is 2. The number of aliphatic carboxylic acids is 2. The third kappa shape index (κ3) is 22.1. The van der Waals surface area contributed by atoms with Crippen molar-refractivity contribution in [2.24, 2.45) is 34.6 Å². The maximum absolute atomic E-state index is 14.5. The number of hydrogen-bond acceptors (Lipinski definition) is 18. The zero-order valence-electron chi connectivity index (χ0n) is 46.3. The van der Waals surface area contributed by atoms with Crippen molar-refractivity contribution < 1.29 is 78.0 Å². The fourth-order valence-electron chi connectivity index (χ4n) is 9.20. The van der Waals surface area contributed by atoms with Gasteiger partial charge in [-0.05, 0) is 123 Å². The van der Waals surface area contributed by atoms with E-state index in [9.17, 15) is 78.0 Å². The number of aliphatic hydroxyl groups is 2. The maximum Gasteiger partial charge on any atom is 0.326 e. The first-order chi connectivity index (χ1) is 37.7. The van der Waals surface area contributed by atoms with Gasteiger partial charge in [0.2, 0.25) is 59.1 Å². The largest absolute Gasteiger partial charge is 0.481 e. The molecule has 30 nitrogen and oxygen atoms in total. The van der Waals surface area contributed by atoms with Gasteiger partial charge in [-0.15, -0.1) is 0 Å². The predicted octanol–water partition coefficient (Wildman–Crippen LogP) is -5.68. The van der Waals surface area contributed by atoms with E-state index in [1.807, 2.05) is 0 Å². The van der Waals surface area contributed by atoms with Crippen molar-refractivity contribution in [3.05, 3.63) is 0 Å². The Bertz CT molecular complexity index is 2140. The summed E-state index contributed by atoms with van der Waals surface area (Å²) < 4.78 is 0. The van der Waals surface area contributed by atoms with Gasteiger partial charge in [0, 0.05) is 13.1 Å². The molecule has 0 aromatic heterocycles. The van der Waals surface area contributed by atoms with Crippen molar-refractivity contribution in [3.8, 4) is 0 Å². The molecule has 0 spiro atoms. The van der Waals surface area contributed by atoms with Gasteiger partial charge in [-0.25, -0.2) is 4.79 Å². The van der Waals surface area contributed by atoms with Crippen molar-refractivity contribution in [1.29, 1.82) is 0 Å². The quantitative estimate of drug-likeness (QED) is 0.0258. The average molecular weight is 1140 g/mol. The number of primary amides is 1. The summed E-state index contributed by atoms with van der Waals surface area (Å²) in [6, 6.07) is -14.5. The first-order valence-corrected chi connectivity index (χ1v) is 27.4. The molecule has 0 aliphatic carbocycles. The SMILES string of the molecule is CC[C@H](C)[C@H](NC(=O)[C@H](CC(=O)O)NC(=O)[C@@H](N)[C@@H](C)O)C(=O)N[C@@H](CC(N)=O)C(=O)N[C@H](C(=O)N1CCC[C@H]1C(=O)N[C@@H](CCCCN)C(=O)N1CCC[C@H]1C(=O)N[C@@H](CCCCN)C(=O)N[C@@H](CCCCN)C(=O)O)[C@@H](C)O. The van der Waals surface area contributed by atoms with Crippen LogP contribution in [0, 0.1) is 5.92 Å². The molecule has 2 aliphatic heterocycles. The lowest BCUT2D eigenvalue weighted by Crippen LogP contribution is -2.62. The Morgan fingerprint density at radius 2 is 0.938 bits per heavy atom. The van der Waals surface area contributed by atoms with Crippen molar-refractivity contribution >= 4 is 71.0 Å². The summed E-state index contributed by atoms with van der Waals surface area (Å²) in [5, 5.41) is 57.1. The van der Waals surface area contributed by atoms with Crippen LogP contribution in [0.2, 0.25) is 0 Å². The summed E-state index contributed by atoms with van der Waals surface area (Å²) >= 11 is 0. The molecule has 2 rings (SSSR count). The van der Waals surface area contributed by atoms with E-state index in [0.29, 0.717) is 58.0 Å². The first kappa shape index (κ1) is 69.5. The molecule has 454 valence electrons. The van der Waals surface area contributed by atoms with E-state index >= 15 is 0 Å². The highest BCUT2D eigenvalue weighted by Gasteiger charge is 2.44. The maximum atomic E-state index is 14.5. The minimum absolute atomic E-state index is 0.0525. The number of nitrogens with two attached hydrogens (primary N) is 5. The van der Waals surface area contributed by atoms with Crippen LogP contribution >= 0.6 is 0 Å². The van der Waals surface area contributed by atoms with Gasteiger partial charge in [0.15, 0.2) is 0 Å². The number of unbranched alkanes of at least 4 members (excludes halogenated alkanes) is 3. The van der Waals surface area contributed by atoms with E-state index in [2.05, 4.69) is 37.2 Å². The molecule has 0 saturated carbocycles. The van der Waals surface area contributed by atoms with Crippen molar-refractivity contribution in [1.82, 2.24) is 47.0 Å². The molecule has 2 heterocycles. The number of carboxylic acid groups (broad SMARTS) is 2. The fourth-order valence-corrected chi connectivity index (χ4v) is 9.20. The zero-order chi connectivity index (χ0) is 60.4. The minimum Gasteiger partial charge on any atom is -0.481 e. The summed E-state index contributed by atoms with van der Waals surface area (Å²) in [5.74, 6) is -12.9. The summed E-state index contributed by atoms with van der Waals surface area (Å²) in [6.07, 6.45) is -0.746. The third-order valence-electron chi connectivity index (χ3n) is 14.1. The van der Waals surface area contributed by atoms with Gasteiger partial charge in [0.25, 0.3) is 0 Å². The van der Waals surface area contributed by atoms with Gasteiger partial charge in [0.05, 0.1) is 25.0 Å². The molecule has 2 fully saturated rings. The minimum atomic E-state index is -1.84. The highest BCUT2D eigenvalue weighted by molar-refractivity contribution is 6.00. The standard InChI is InChI=1S/C50H88N14O16/c1-5-26(2)39(61-43(72)33(25-37(68)69)59-46(75)38(55)27(3)65)47(76)60-32(24-36(54)67)42(71)62-40(28(4)66)49(78)64-23-13-18-35(64)45(74)57-30(15-7-10-20-52)48(77)63-22-12-17-34(63)44(73)56-29(14-6-9-19-51)41(70)58-31(50(79)80)16-8-11-21-53/h26-35,38-40,65-66H,5-25,51-53,55H2,1-4H3,(H2,54,67)(H,56,73)(H,57,74)(H,58,70)(H,59,75)(H,60,76)(H,61,72)(H,62,71)(H,68,69)(H,79,80)/t26-,27+,28+,29-,30-,31-,32-,33-,34-,35-,38-,39-,40-/m0/s1. The molecular weight excluding hydrogens is 1050 g/mol. The molecule has 13 atom stereocenters. The number of hydrogen-bond donors (Lipinski definition) is 16. The van der Waals surface area contributed by atoms with Crippen LogP contribution in [0.3, 0.4) is 0 Å². The molecule has 21 N–H and O–H groups in total. The van der Waals surface area contributed by atoms with E-state index in [1.54, 1.807) is 6.92 Å². The lowest BCUT2D eigenvalue weighted by molar-refractivity contribution is -0.146. The molecule has 80 heavy (non-hydrogen) atoms. The zero-order valence-corrected chi connectivity index (χ0v) is 46.3. The molecular formula is C50H88N14O16. The highest BCUT2D eigenvalue weighted by atomic mass is 16.4. The Hall–Kier alpha value is -6.60. The number of likely N-dealkylation sites (tertiary alicyclic amines) is 2. The number of aliphatic hydroxyl groups excluding tert-OH is 2. The molecule has 0 bridgehead atoms. The number of carboxylic acids is 2. The van der Waals surface area contributed by atoms with E-state index in [1.165, 1.54) is 18.7 Å². The predicted molar refractivity (Wildman–Crippen MR) is 286 cm³/mol. The molecule has 0 aromatic carbocycles. The summed E-state index contributed by atoms with van der Waals surface area (Å²) in [7, 11) is 0. The Labute approximate surface area is 465 Å². The van der Waals surface area contributed by atoms with Crippen molar-refractivity contribution in [2.75, 3.05) is 32.7 Å². The Balaban J connectivity index is 2.36. The lowest BCUT2D eigenvalue weighted by Gasteiger charge is -2.33. The number of amides is 10. The fraction of sp³-hybridized carbons (Fsp3) is 0.760. The summed E-state index contributed by atoms with van der Waals surface area (Å²) in [6.45, 7) is 6.45. The van der Waals surface area contributed by atoms with E-state index in [4.69, 9.17) is 28.7 Å². The Morgan fingerprint density at radius 1 is 0.512 bits per heavy atom. The summed E-state index contributed by atoms with van der Waals surface area (Å²) in [5.41, 5.74) is 28.1. The van der Waals surface area contributed by atoms with Crippen LogP contribution in [0.15, 0.2) is 0 Å². The summed E-state index contributed by atoms with van der Waals surface area (Å²) in [4.78, 5) is 163. The molecule has 0 radical (unpaired) electrons. The van der Waals surface area contributed by atoms with Crippen LogP contribution in [0.4, 0.5) is 0 Å². The smallest absolute Gasteiger partial charge is 0.326 e. The van der Waals surface area contributed by atoms with Gasteiger partial charge < -0.3 is 96.1 Å². The van der Waals surface area contributed by atoms with Gasteiger partial charge >= 0.3 is 11.9 Å². The second-order valence-corrected chi connectivity index (χ2v) is 20.5. The number of carbonyl (C=O) groups excluding carboxylic acids is 10. The number of nitrogens with one attached hydrogen (secondary N) is 7. The lowest BCUT2D eigenvalue weighted by atomic mass is 9.97. The first-order valence-electron chi connectivity index (χ1n) is 27.4. The molecule has 10 amide bonds. The van der Waals surface area contributed by atoms with E-state index < -0.39 is 162 Å². The third-order valence-corrected chi connectivity index (χ3v) is 14.1.